The van der Waals surface area contributed by atoms with E-state index in [4.69, 9.17) is 11.6 Å². The van der Waals surface area contributed by atoms with Gasteiger partial charge in [-0.15, -0.1) is 0 Å². The molecule has 1 aromatic heterocycles. The highest BCUT2D eigenvalue weighted by Crippen LogP contribution is 2.34. The van der Waals surface area contributed by atoms with Crippen molar-refractivity contribution in [1.29, 1.82) is 0 Å². The summed E-state index contributed by atoms with van der Waals surface area (Å²) in [4.78, 5) is 8.76. The minimum Gasteiger partial charge on any atom is -0.394 e. The van der Waals surface area contributed by atoms with Gasteiger partial charge in [0.15, 0.2) is 0 Å². The Morgan fingerprint density at radius 2 is 2.05 bits per heavy atom. The first kappa shape index (κ1) is 15.5. The molecule has 0 spiro atoms. The highest BCUT2D eigenvalue weighted by molar-refractivity contribution is 6.29. The van der Waals surface area contributed by atoms with Gasteiger partial charge >= 0.3 is 0 Å². The van der Waals surface area contributed by atoms with Crippen LogP contribution in [0.3, 0.4) is 0 Å². The van der Waals surface area contributed by atoms with Crippen molar-refractivity contribution in [2.45, 2.75) is 57.9 Å². The fraction of sp³-hybridized carbons (Fsp3) is 0.733. The second-order valence-corrected chi connectivity index (χ2v) is 6.72. The van der Waals surface area contributed by atoms with E-state index in [1.165, 1.54) is 0 Å². The summed E-state index contributed by atoms with van der Waals surface area (Å²) >= 11 is 6.07. The lowest BCUT2D eigenvalue weighted by Crippen LogP contribution is -2.45. The molecule has 1 aliphatic rings. The van der Waals surface area contributed by atoms with Gasteiger partial charge in [0.05, 0.1) is 12.1 Å². The molecule has 0 unspecified atom stereocenters. The Kier molecular flexibility index (Phi) is 4.86. The Labute approximate surface area is 126 Å². The van der Waals surface area contributed by atoms with Gasteiger partial charge in [-0.05, 0) is 31.6 Å². The van der Waals surface area contributed by atoms with Crippen molar-refractivity contribution < 1.29 is 5.11 Å². The Morgan fingerprint density at radius 3 is 2.60 bits per heavy atom. The largest absolute Gasteiger partial charge is 0.394 e. The van der Waals surface area contributed by atoms with E-state index < -0.39 is 0 Å². The van der Waals surface area contributed by atoms with E-state index in [1.807, 2.05) is 13.8 Å². The predicted octanol–water partition coefficient (Wildman–Crippen LogP) is 3.61. The van der Waals surface area contributed by atoms with E-state index in [9.17, 15) is 5.11 Å². The van der Waals surface area contributed by atoms with Crippen LogP contribution in [0.25, 0.3) is 0 Å². The molecule has 1 fully saturated rings. The Balaban J connectivity index is 2.19. The van der Waals surface area contributed by atoms with E-state index in [-0.39, 0.29) is 18.1 Å². The summed E-state index contributed by atoms with van der Waals surface area (Å²) in [5.74, 6) is 2.41. The normalized spacial score (nSPS) is 26.8. The molecular weight excluding hydrogens is 274 g/mol. The molecule has 4 nitrogen and oxygen atoms in total. The maximum absolute atomic E-state index is 9.80. The Hall–Kier alpha value is -0.870. The lowest BCUT2D eigenvalue weighted by molar-refractivity contribution is 0.155. The number of aliphatic hydroxyl groups excluding tert-OH is 1. The van der Waals surface area contributed by atoms with Crippen molar-refractivity contribution >= 4 is 17.4 Å². The fourth-order valence-electron chi connectivity index (χ4n) is 2.67. The fourth-order valence-corrected chi connectivity index (χ4v) is 2.86. The molecule has 0 atom stereocenters. The van der Waals surface area contributed by atoms with Crippen LogP contribution in [0.4, 0.5) is 5.82 Å². The van der Waals surface area contributed by atoms with Crippen molar-refractivity contribution in [1.82, 2.24) is 9.97 Å². The van der Waals surface area contributed by atoms with Gasteiger partial charge in [-0.25, -0.2) is 9.97 Å². The number of hydrogen-bond acceptors (Lipinski definition) is 4. The zero-order valence-corrected chi connectivity index (χ0v) is 13.2. The zero-order chi connectivity index (χ0) is 14.8. The van der Waals surface area contributed by atoms with Crippen LogP contribution < -0.4 is 5.32 Å². The molecule has 5 heteroatoms. The second-order valence-electron chi connectivity index (χ2n) is 6.33. The number of hydrogen-bond donors (Lipinski definition) is 2. The average Bonchev–Trinajstić information content (AvgIpc) is 2.41. The molecule has 1 aliphatic carbocycles. The summed E-state index contributed by atoms with van der Waals surface area (Å²) in [6, 6.07) is 1.74. The van der Waals surface area contributed by atoms with E-state index in [2.05, 4.69) is 22.2 Å². The van der Waals surface area contributed by atoms with Gasteiger partial charge in [-0.2, -0.15) is 0 Å². The molecule has 1 saturated carbocycles. The van der Waals surface area contributed by atoms with Gasteiger partial charge < -0.3 is 10.4 Å². The van der Waals surface area contributed by atoms with Crippen LogP contribution in [0.1, 0.15) is 58.2 Å². The van der Waals surface area contributed by atoms with E-state index in [1.54, 1.807) is 6.07 Å². The third-order valence-electron chi connectivity index (χ3n) is 4.16. The summed E-state index contributed by atoms with van der Waals surface area (Å²) in [6.07, 6.45) is 4.18. The van der Waals surface area contributed by atoms with Crippen LogP contribution >= 0.6 is 11.6 Å². The van der Waals surface area contributed by atoms with Crippen molar-refractivity contribution in [3.63, 3.8) is 0 Å². The maximum atomic E-state index is 9.80. The molecule has 2 N–H and O–H groups in total. The van der Waals surface area contributed by atoms with Crippen LogP contribution in [0, 0.1) is 5.92 Å². The number of nitrogens with zero attached hydrogens (tertiary/aromatic N) is 2. The predicted molar refractivity (Wildman–Crippen MR) is 82.2 cm³/mol. The van der Waals surface area contributed by atoms with Gasteiger partial charge in [-0.1, -0.05) is 32.4 Å². The number of aliphatic hydroxyl groups is 1. The minimum absolute atomic E-state index is 0.123. The summed E-state index contributed by atoms with van der Waals surface area (Å²) < 4.78 is 0. The Morgan fingerprint density at radius 1 is 1.40 bits per heavy atom. The van der Waals surface area contributed by atoms with Crippen LogP contribution in [-0.4, -0.2) is 27.2 Å². The molecule has 0 aliphatic heterocycles. The summed E-state index contributed by atoms with van der Waals surface area (Å²) in [6.45, 7) is 6.47. The molecule has 2 rings (SSSR count). The smallest absolute Gasteiger partial charge is 0.135 e. The molecular formula is C15H24ClN3O. The van der Waals surface area contributed by atoms with Crippen molar-refractivity contribution in [3.05, 3.63) is 17.0 Å². The molecule has 0 aromatic carbocycles. The summed E-state index contributed by atoms with van der Waals surface area (Å²) in [5, 5.41) is 13.7. The number of anilines is 1. The van der Waals surface area contributed by atoms with E-state index in [0.717, 1.165) is 43.2 Å². The SMILES string of the molecule is CC1CCC(CO)(Nc2cc(Cl)nc(C(C)C)n2)CC1. The molecule has 0 radical (unpaired) electrons. The molecule has 20 heavy (non-hydrogen) atoms. The van der Waals surface area contributed by atoms with Gasteiger partial charge in [0.2, 0.25) is 0 Å². The highest BCUT2D eigenvalue weighted by Gasteiger charge is 2.34. The molecule has 1 aromatic rings. The van der Waals surface area contributed by atoms with Crippen molar-refractivity contribution in [2.24, 2.45) is 5.92 Å². The van der Waals surface area contributed by atoms with Gasteiger partial charge in [-0.3, -0.25) is 0 Å². The van der Waals surface area contributed by atoms with Gasteiger partial charge in [0, 0.05) is 12.0 Å². The van der Waals surface area contributed by atoms with Gasteiger partial charge in [0.25, 0.3) is 0 Å². The highest BCUT2D eigenvalue weighted by atomic mass is 35.5. The third-order valence-corrected chi connectivity index (χ3v) is 4.35. The molecule has 112 valence electrons. The van der Waals surface area contributed by atoms with Crippen LogP contribution in [0.5, 0.6) is 0 Å². The molecule has 0 saturated heterocycles. The average molecular weight is 298 g/mol. The van der Waals surface area contributed by atoms with Crippen molar-refractivity contribution in [3.8, 4) is 0 Å². The first-order valence-corrected chi connectivity index (χ1v) is 7.75. The van der Waals surface area contributed by atoms with Crippen LogP contribution in [0.15, 0.2) is 6.07 Å². The van der Waals surface area contributed by atoms with Crippen molar-refractivity contribution in [2.75, 3.05) is 11.9 Å². The standard InChI is InChI=1S/C15H24ClN3O/c1-10(2)14-17-12(16)8-13(18-14)19-15(9-20)6-4-11(3)5-7-15/h8,10-11,20H,4-7,9H2,1-3H3,(H,17,18,19). The lowest BCUT2D eigenvalue weighted by Gasteiger charge is -2.39. The monoisotopic (exact) mass is 297 g/mol. The quantitative estimate of drug-likeness (QED) is 0.834. The number of nitrogens with one attached hydrogen (secondary N) is 1. The van der Waals surface area contributed by atoms with E-state index in [0.29, 0.717) is 5.15 Å². The molecule has 0 bridgehead atoms. The van der Waals surface area contributed by atoms with Gasteiger partial charge in [0.1, 0.15) is 16.8 Å². The lowest BCUT2D eigenvalue weighted by atomic mass is 9.77. The number of halogens is 1. The van der Waals surface area contributed by atoms with Crippen LogP contribution in [0.2, 0.25) is 5.15 Å². The first-order valence-electron chi connectivity index (χ1n) is 7.37. The van der Waals surface area contributed by atoms with E-state index >= 15 is 0 Å². The number of aromatic nitrogens is 2. The minimum atomic E-state index is -0.265. The molecule has 1 heterocycles. The van der Waals surface area contributed by atoms with Crippen LogP contribution in [-0.2, 0) is 0 Å². The Bertz CT molecular complexity index is 456. The zero-order valence-electron chi connectivity index (χ0n) is 12.5. The number of rotatable bonds is 4. The maximum Gasteiger partial charge on any atom is 0.135 e. The second kappa shape index (κ2) is 6.27. The first-order chi connectivity index (χ1) is 9.44. The third kappa shape index (κ3) is 3.61. The summed E-state index contributed by atoms with van der Waals surface area (Å²) in [7, 11) is 0. The topological polar surface area (TPSA) is 58.0 Å². The molecule has 0 amide bonds. The summed E-state index contributed by atoms with van der Waals surface area (Å²) in [5.41, 5.74) is -0.265.